The first-order valence-corrected chi connectivity index (χ1v) is 7.29. The molecule has 0 unspecified atom stereocenters. The van der Waals surface area contributed by atoms with Gasteiger partial charge in [0.05, 0.1) is 11.9 Å². The average Bonchev–Trinajstić information content (AvgIpc) is 2.94. The Kier molecular flexibility index (Phi) is 6.42. The minimum atomic E-state index is 0. The summed E-state index contributed by atoms with van der Waals surface area (Å²) in [6, 6.07) is 0.411. The van der Waals surface area contributed by atoms with E-state index in [1.165, 1.54) is 16.8 Å². The Bertz CT molecular complexity index is 571. The van der Waals surface area contributed by atoms with Crippen LogP contribution in [0.4, 0.5) is 0 Å². The predicted molar refractivity (Wildman–Crippen MR) is 87.8 cm³/mol. The largest absolute Gasteiger partial charge is 0.308 e. The molecule has 0 aliphatic carbocycles. The minimum absolute atomic E-state index is 0. The Morgan fingerprint density at radius 1 is 1.19 bits per heavy atom. The molecule has 0 aliphatic rings. The van der Waals surface area contributed by atoms with Crippen LogP contribution in [0.5, 0.6) is 0 Å². The lowest BCUT2D eigenvalue weighted by Gasteiger charge is -2.09. The van der Waals surface area contributed by atoms with Gasteiger partial charge in [-0.2, -0.15) is 10.2 Å². The van der Waals surface area contributed by atoms with Crippen molar-refractivity contribution >= 4 is 12.4 Å². The van der Waals surface area contributed by atoms with E-state index in [2.05, 4.69) is 61.0 Å². The number of hydrogen-bond acceptors (Lipinski definition) is 3. The first kappa shape index (κ1) is 17.7. The summed E-state index contributed by atoms with van der Waals surface area (Å²) in [5, 5.41) is 12.4. The van der Waals surface area contributed by atoms with Crippen LogP contribution in [-0.2, 0) is 19.6 Å². The molecule has 0 bridgehead atoms. The molecule has 2 heterocycles. The Morgan fingerprint density at radius 2 is 1.86 bits per heavy atom. The van der Waals surface area contributed by atoms with Crippen LogP contribution in [0.2, 0.25) is 0 Å². The molecule has 5 nitrogen and oxygen atoms in total. The van der Waals surface area contributed by atoms with Crippen LogP contribution in [0.3, 0.4) is 0 Å². The van der Waals surface area contributed by atoms with Gasteiger partial charge in [0.15, 0.2) is 0 Å². The third-order valence-electron chi connectivity index (χ3n) is 3.64. The van der Waals surface area contributed by atoms with Gasteiger partial charge in [-0.25, -0.2) is 0 Å². The van der Waals surface area contributed by atoms with Gasteiger partial charge >= 0.3 is 0 Å². The molecule has 21 heavy (non-hydrogen) atoms. The van der Waals surface area contributed by atoms with Gasteiger partial charge in [0.2, 0.25) is 0 Å². The highest BCUT2D eigenvalue weighted by Gasteiger charge is 2.09. The SMILES string of the molecule is CCn1cc(CNCc2cnn(C(C)C)c2C)c(C)n1.Cl. The van der Waals surface area contributed by atoms with Gasteiger partial charge in [-0.1, -0.05) is 0 Å². The van der Waals surface area contributed by atoms with E-state index in [1.807, 2.05) is 10.9 Å². The third-order valence-corrected chi connectivity index (χ3v) is 3.64. The highest BCUT2D eigenvalue weighted by atomic mass is 35.5. The van der Waals surface area contributed by atoms with Gasteiger partial charge in [0.1, 0.15) is 0 Å². The van der Waals surface area contributed by atoms with Crippen molar-refractivity contribution in [2.24, 2.45) is 0 Å². The maximum atomic E-state index is 4.46. The number of halogens is 1. The standard InChI is InChI=1S/C15H25N5.ClH/c1-6-19-10-15(12(4)18-19)8-16-7-14-9-17-20(11(2)3)13(14)5;/h9-11,16H,6-8H2,1-5H3;1H. The molecule has 0 atom stereocenters. The maximum Gasteiger partial charge on any atom is 0.0638 e. The first-order chi connectivity index (χ1) is 9.52. The summed E-state index contributed by atoms with van der Waals surface area (Å²) in [5.41, 5.74) is 4.88. The quantitative estimate of drug-likeness (QED) is 0.892. The van der Waals surface area contributed by atoms with Gasteiger partial charge in [0.25, 0.3) is 0 Å². The van der Waals surface area contributed by atoms with Gasteiger partial charge in [-0.15, -0.1) is 12.4 Å². The topological polar surface area (TPSA) is 47.7 Å². The normalized spacial score (nSPS) is 11.0. The second-order valence-corrected chi connectivity index (χ2v) is 5.49. The van der Waals surface area contributed by atoms with Crippen LogP contribution >= 0.6 is 12.4 Å². The Balaban J connectivity index is 0.00000220. The molecule has 0 amide bonds. The molecule has 2 aromatic rings. The Labute approximate surface area is 133 Å². The van der Waals surface area contributed by atoms with Crippen LogP contribution in [0.25, 0.3) is 0 Å². The van der Waals surface area contributed by atoms with E-state index in [0.717, 1.165) is 25.3 Å². The highest BCUT2D eigenvalue weighted by Crippen LogP contribution is 2.13. The molecule has 6 heteroatoms. The zero-order valence-electron chi connectivity index (χ0n) is 13.6. The van der Waals surface area contributed by atoms with Crippen molar-refractivity contribution in [3.05, 3.63) is 34.9 Å². The van der Waals surface area contributed by atoms with Crippen LogP contribution in [0.15, 0.2) is 12.4 Å². The van der Waals surface area contributed by atoms with Crippen molar-refractivity contribution in [2.45, 2.75) is 60.3 Å². The number of rotatable bonds is 6. The minimum Gasteiger partial charge on any atom is -0.308 e. The molecule has 0 fully saturated rings. The van der Waals surface area contributed by atoms with E-state index in [-0.39, 0.29) is 12.4 Å². The fraction of sp³-hybridized carbons (Fsp3) is 0.600. The summed E-state index contributed by atoms with van der Waals surface area (Å²) in [7, 11) is 0. The van der Waals surface area contributed by atoms with Crippen molar-refractivity contribution < 1.29 is 0 Å². The van der Waals surface area contributed by atoms with Gasteiger partial charge in [-0.05, 0) is 34.6 Å². The van der Waals surface area contributed by atoms with Crippen molar-refractivity contribution in [3.63, 3.8) is 0 Å². The van der Waals surface area contributed by atoms with Crippen LogP contribution in [0, 0.1) is 13.8 Å². The van der Waals surface area contributed by atoms with E-state index in [0.29, 0.717) is 6.04 Å². The molecule has 0 spiro atoms. The number of nitrogens with one attached hydrogen (secondary N) is 1. The molecule has 1 N–H and O–H groups in total. The molecule has 0 saturated heterocycles. The lowest BCUT2D eigenvalue weighted by Crippen LogP contribution is -2.14. The average molecular weight is 312 g/mol. The zero-order chi connectivity index (χ0) is 14.7. The molecular weight excluding hydrogens is 286 g/mol. The predicted octanol–water partition coefficient (Wildman–Crippen LogP) is 3.01. The summed E-state index contributed by atoms with van der Waals surface area (Å²) in [5.74, 6) is 0. The zero-order valence-corrected chi connectivity index (χ0v) is 14.4. The molecule has 2 aromatic heterocycles. The van der Waals surface area contributed by atoms with E-state index >= 15 is 0 Å². The van der Waals surface area contributed by atoms with E-state index in [9.17, 15) is 0 Å². The van der Waals surface area contributed by atoms with Crippen molar-refractivity contribution in [1.29, 1.82) is 0 Å². The van der Waals surface area contributed by atoms with Gasteiger partial charge < -0.3 is 5.32 Å². The smallest absolute Gasteiger partial charge is 0.0638 e. The van der Waals surface area contributed by atoms with Crippen molar-refractivity contribution in [1.82, 2.24) is 24.9 Å². The highest BCUT2D eigenvalue weighted by molar-refractivity contribution is 5.85. The molecule has 0 aromatic carbocycles. The van der Waals surface area contributed by atoms with Crippen molar-refractivity contribution in [3.8, 4) is 0 Å². The number of aryl methyl sites for hydroxylation is 2. The number of aromatic nitrogens is 4. The molecule has 2 rings (SSSR count). The summed E-state index contributed by atoms with van der Waals surface area (Å²) in [6.07, 6.45) is 4.08. The summed E-state index contributed by atoms with van der Waals surface area (Å²) < 4.78 is 4.05. The Hall–Kier alpha value is -1.33. The first-order valence-electron chi connectivity index (χ1n) is 7.29. The van der Waals surface area contributed by atoms with Gasteiger partial charge in [0, 0.05) is 48.7 Å². The fourth-order valence-electron chi connectivity index (χ4n) is 2.38. The van der Waals surface area contributed by atoms with Crippen LogP contribution in [-0.4, -0.2) is 19.6 Å². The number of hydrogen-bond donors (Lipinski definition) is 1. The van der Waals surface area contributed by atoms with Crippen LogP contribution in [0.1, 0.15) is 49.3 Å². The summed E-state index contributed by atoms with van der Waals surface area (Å²) in [6.45, 7) is 13.2. The molecular formula is C15H26ClN5. The third kappa shape index (κ3) is 4.08. The summed E-state index contributed by atoms with van der Waals surface area (Å²) in [4.78, 5) is 0. The molecule has 0 aliphatic heterocycles. The van der Waals surface area contributed by atoms with Crippen LogP contribution < -0.4 is 5.32 Å². The molecule has 0 saturated carbocycles. The maximum absolute atomic E-state index is 4.46. The number of nitrogens with zero attached hydrogens (tertiary/aromatic N) is 4. The lowest BCUT2D eigenvalue weighted by atomic mass is 10.2. The summed E-state index contributed by atoms with van der Waals surface area (Å²) >= 11 is 0. The van der Waals surface area contributed by atoms with Gasteiger partial charge in [-0.3, -0.25) is 9.36 Å². The van der Waals surface area contributed by atoms with E-state index < -0.39 is 0 Å². The van der Waals surface area contributed by atoms with Crippen molar-refractivity contribution in [2.75, 3.05) is 0 Å². The second kappa shape index (κ2) is 7.61. The fourth-order valence-corrected chi connectivity index (χ4v) is 2.38. The van der Waals surface area contributed by atoms with E-state index in [1.54, 1.807) is 0 Å². The second-order valence-electron chi connectivity index (χ2n) is 5.49. The lowest BCUT2D eigenvalue weighted by molar-refractivity contribution is 0.517. The molecule has 0 radical (unpaired) electrons. The Morgan fingerprint density at radius 3 is 2.38 bits per heavy atom. The molecule has 118 valence electrons. The monoisotopic (exact) mass is 311 g/mol. The van der Waals surface area contributed by atoms with E-state index in [4.69, 9.17) is 0 Å².